The quantitative estimate of drug-likeness (QED) is 0.818. The summed E-state index contributed by atoms with van der Waals surface area (Å²) < 4.78 is 13.2. The van der Waals surface area contributed by atoms with Gasteiger partial charge >= 0.3 is 0 Å². The van der Waals surface area contributed by atoms with E-state index in [1.807, 2.05) is 13.0 Å². The Labute approximate surface area is 136 Å². The van der Waals surface area contributed by atoms with E-state index >= 15 is 0 Å². The number of piperidine rings is 1. The molecule has 1 heterocycles. The van der Waals surface area contributed by atoms with Gasteiger partial charge < -0.3 is 10.2 Å². The van der Waals surface area contributed by atoms with Crippen LogP contribution in [0.15, 0.2) is 36.4 Å². The van der Waals surface area contributed by atoms with Crippen LogP contribution in [0, 0.1) is 11.7 Å². The van der Waals surface area contributed by atoms with Crippen molar-refractivity contribution >= 4 is 11.8 Å². The maximum absolute atomic E-state index is 13.2. The van der Waals surface area contributed by atoms with Gasteiger partial charge in [-0.05, 0) is 37.5 Å². The Morgan fingerprint density at radius 3 is 2.96 bits per heavy atom. The van der Waals surface area contributed by atoms with Crippen molar-refractivity contribution in [2.45, 2.75) is 26.2 Å². The predicted molar refractivity (Wildman–Crippen MR) is 87.2 cm³/mol. The zero-order chi connectivity index (χ0) is 16.8. The van der Waals surface area contributed by atoms with Gasteiger partial charge in [0, 0.05) is 26.1 Å². The Morgan fingerprint density at radius 1 is 1.48 bits per heavy atom. The molecule has 1 aliphatic heterocycles. The van der Waals surface area contributed by atoms with Gasteiger partial charge in [-0.3, -0.25) is 9.59 Å². The fraction of sp³-hybridized carbons (Fsp3) is 0.444. The van der Waals surface area contributed by atoms with E-state index in [0.717, 1.165) is 11.1 Å². The molecule has 124 valence electrons. The molecule has 0 radical (unpaired) electrons. The zero-order valence-electron chi connectivity index (χ0n) is 13.5. The molecule has 0 aromatic heterocycles. The van der Waals surface area contributed by atoms with Crippen molar-refractivity contribution in [1.82, 2.24) is 10.2 Å². The van der Waals surface area contributed by atoms with Gasteiger partial charge in [-0.2, -0.15) is 0 Å². The number of nitrogens with zero attached hydrogens (tertiary/aromatic N) is 1. The molecule has 4 nitrogen and oxygen atoms in total. The van der Waals surface area contributed by atoms with Gasteiger partial charge in [-0.15, -0.1) is 0 Å². The van der Waals surface area contributed by atoms with Gasteiger partial charge in [-0.1, -0.05) is 24.3 Å². The van der Waals surface area contributed by atoms with E-state index in [1.54, 1.807) is 11.0 Å². The molecule has 0 spiro atoms. The van der Waals surface area contributed by atoms with E-state index in [0.29, 0.717) is 38.9 Å². The summed E-state index contributed by atoms with van der Waals surface area (Å²) in [6, 6.07) is 6.38. The molecule has 23 heavy (non-hydrogen) atoms. The molecule has 0 aliphatic carbocycles. The Kier molecular flexibility index (Phi) is 5.90. The third-order valence-electron chi connectivity index (χ3n) is 3.99. The fourth-order valence-corrected chi connectivity index (χ4v) is 2.68. The number of carbonyl (C=O) groups is 2. The second-order valence-electron chi connectivity index (χ2n) is 6.13. The molecule has 1 N–H and O–H groups in total. The Morgan fingerprint density at radius 2 is 2.26 bits per heavy atom. The molecular weight excluding hydrogens is 295 g/mol. The summed E-state index contributed by atoms with van der Waals surface area (Å²) in [7, 11) is 0. The van der Waals surface area contributed by atoms with Gasteiger partial charge in [0.2, 0.25) is 11.8 Å². The molecule has 1 aliphatic rings. The second kappa shape index (κ2) is 7.90. The first-order valence-corrected chi connectivity index (χ1v) is 7.90. The lowest BCUT2D eigenvalue weighted by Crippen LogP contribution is -2.46. The Hall–Kier alpha value is -2.17. The number of carbonyl (C=O) groups excluding carboxylic acids is 2. The summed E-state index contributed by atoms with van der Waals surface area (Å²) in [5.74, 6) is -0.425. The second-order valence-corrected chi connectivity index (χ2v) is 6.13. The van der Waals surface area contributed by atoms with Gasteiger partial charge in [0.15, 0.2) is 0 Å². The lowest BCUT2D eigenvalue weighted by Gasteiger charge is -2.32. The van der Waals surface area contributed by atoms with Crippen LogP contribution in [0.2, 0.25) is 0 Å². The number of rotatable bonds is 6. The molecule has 2 rings (SSSR count). The van der Waals surface area contributed by atoms with Gasteiger partial charge in [0.1, 0.15) is 5.82 Å². The molecule has 0 saturated carbocycles. The number of likely N-dealkylation sites (tertiary alicyclic amines) is 1. The van der Waals surface area contributed by atoms with Crippen LogP contribution in [0.1, 0.15) is 25.3 Å². The van der Waals surface area contributed by atoms with Crippen molar-refractivity contribution < 1.29 is 14.0 Å². The van der Waals surface area contributed by atoms with E-state index < -0.39 is 0 Å². The number of hydrogen-bond acceptors (Lipinski definition) is 2. The van der Waals surface area contributed by atoms with E-state index in [4.69, 9.17) is 0 Å². The van der Waals surface area contributed by atoms with Gasteiger partial charge in [0.05, 0.1) is 5.92 Å². The van der Waals surface area contributed by atoms with Crippen LogP contribution in [0.25, 0.3) is 0 Å². The average molecular weight is 318 g/mol. The molecule has 1 aromatic rings. The largest absolute Gasteiger partial charge is 0.352 e. The fourth-order valence-electron chi connectivity index (χ4n) is 2.68. The number of amides is 2. The molecule has 1 fully saturated rings. The highest BCUT2D eigenvalue weighted by molar-refractivity contribution is 5.83. The van der Waals surface area contributed by atoms with Crippen LogP contribution in [-0.2, 0) is 16.0 Å². The molecule has 1 aromatic carbocycles. The van der Waals surface area contributed by atoms with Crippen molar-refractivity contribution in [2.75, 3.05) is 19.6 Å². The number of benzene rings is 1. The van der Waals surface area contributed by atoms with Crippen molar-refractivity contribution in [3.05, 3.63) is 47.8 Å². The monoisotopic (exact) mass is 318 g/mol. The van der Waals surface area contributed by atoms with Crippen LogP contribution in [0.3, 0.4) is 0 Å². The van der Waals surface area contributed by atoms with E-state index in [-0.39, 0.29) is 23.5 Å². The molecule has 1 unspecified atom stereocenters. The maximum Gasteiger partial charge on any atom is 0.225 e. The van der Waals surface area contributed by atoms with E-state index in [2.05, 4.69) is 11.9 Å². The normalized spacial score (nSPS) is 17.9. The predicted octanol–water partition coefficient (Wildman–Crippen LogP) is 2.30. The average Bonchev–Trinajstić information content (AvgIpc) is 2.52. The summed E-state index contributed by atoms with van der Waals surface area (Å²) >= 11 is 0. The SMILES string of the molecule is C=C(C)CNC(=O)C1CCC(=O)N(CCc2cccc(F)c2)C1. The standard InChI is InChI=1S/C18H23FN2O2/c1-13(2)11-20-18(23)15-6-7-17(22)21(12-15)9-8-14-4-3-5-16(19)10-14/h3-5,10,15H,1,6-9,11-12H2,2H3,(H,20,23). The van der Waals surface area contributed by atoms with Gasteiger partial charge in [0.25, 0.3) is 0 Å². The first kappa shape index (κ1) is 17.2. The number of nitrogens with one attached hydrogen (secondary N) is 1. The molecule has 5 heteroatoms. The molecule has 2 amide bonds. The molecular formula is C18H23FN2O2. The highest BCUT2D eigenvalue weighted by atomic mass is 19.1. The lowest BCUT2D eigenvalue weighted by molar-refractivity contribution is -0.138. The zero-order valence-corrected chi connectivity index (χ0v) is 13.5. The third kappa shape index (κ3) is 5.20. The smallest absolute Gasteiger partial charge is 0.225 e. The maximum atomic E-state index is 13.2. The highest BCUT2D eigenvalue weighted by Gasteiger charge is 2.29. The van der Waals surface area contributed by atoms with Crippen molar-refractivity contribution in [3.63, 3.8) is 0 Å². The summed E-state index contributed by atoms with van der Waals surface area (Å²) in [5, 5.41) is 2.84. The summed E-state index contributed by atoms with van der Waals surface area (Å²) in [4.78, 5) is 25.9. The van der Waals surface area contributed by atoms with Crippen LogP contribution in [0.5, 0.6) is 0 Å². The highest BCUT2D eigenvalue weighted by Crippen LogP contribution is 2.18. The molecule has 1 saturated heterocycles. The Balaban J connectivity index is 1.89. The van der Waals surface area contributed by atoms with Gasteiger partial charge in [-0.25, -0.2) is 4.39 Å². The van der Waals surface area contributed by atoms with Crippen molar-refractivity contribution in [1.29, 1.82) is 0 Å². The Bertz CT molecular complexity index is 600. The van der Waals surface area contributed by atoms with Crippen LogP contribution in [0.4, 0.5) is 4.39 Å². The summed E-state index contributed by atoms with van der Waals surface area (Å²) in [6.45, 7) is 7.01. The number of halogens is 1. The first-order valence-electron chi connectivity index (χ1n) is 7.90. The summed E-state index contributed by atoms with van der Waals surface area (Å²) in [6.07, 6.45) is 1.55. The molecule has 1 atom stereocenters. The molecule has 0 bridgehead atoms. The minimum atomic E-state index is -0.274. The topological polar surface area (TPSA) is 49.4 Å². The minimum Gasteiger partial charge on any atom is -0.352 e. The third-order valence-corrected chi connectivity index (χ3v) is 3.99. The van der Waals surface area contributed by atoms with Crippen LogP contribution in [-0.4, -0.2) is 36.3 Å². The first-order chi connectivity index (χ1) is 11.0. The van der Waals surface area contributed by atoms with E-state index in [9.17, 15) is 14.0 Å². The van der Waals surface area contributed by atoms with Crippen LogP contribution < -0.4 is 5.32 Å². The van der Waals surface area contributed by atoms with Crippen LogP contribution >= 0.6 is 0 Å². The lowest BCUT2D eigenvalue weighted by atomic mass is 9.96. The van der Waals surface area contributed by atoms with Crippen molar-refractivity contribution in [2.24, 2.45) is 5.92 Å². The number of hydrogen-bond donors (Lipinski definition) is 1. The minimum absolute atomic E-state index is 0.0312. The van der Waals surface area contributed by atoms with Crippen molar-refractivity contribution in [3.8, 4) is 0 Å². The summed E-state index contributed by atoms with van der Waals surface area (Å²) in [5.41, 5.74) is 1.75. The van der Waals surface area contributed by atoms with E-state index in [1.165, 1.54) is 12.1 Å².